The van der Waals surface area contributed by atoms with Gasteiger partial charge in [0.15, 0.2) is 5.01 Å². The van der Waals surface area contributed by atoms with Crippen LogP contribution < -0.4 is 15.6 Å². The SMILES string of the molecule is COc1ccc(C(F)(F)F)cc1-c1cn(CC(=O)N(C)C)c(=O)cc1C(=O)Nc1nnc(C#Cc2cc(C)[nH]n2)s1. The molecule has 2 amide bonds. The lowest BCUT2D eigenvalue weighted by molar-refractivity contribution is -0.137. The number of carbonyl (C=O) groups is 2. The molecule has 0 fully saturated rings. The number of carbonyl (C=O) groups excluding carboxylic acids is 2. The first kappa shape index (κ1) is 29.0. The predicted molar refractivity (Wildman–Crippen MR) is 144 cm³/mol. The van der Waals surface area contributed by atoms with Gasteiger partial charge >= 0.3 is 6.18 Å². The summed E-state index contributed by atoms with van der Waals surface area (Å²) in [5.74, 6) is 4.29. The molecule has 3 heterocycles. The van der Waals surface area contributed by atoms with Crippen molar-refractivity contribution < 1.29 is 27.5 Å². The van der Waals surface area contributed by atoms with Crippen LogP contribution in [-0.4, -0.2) is 62.9 Å². The van der Waals surface area contributed by atoms with E-state index in [9.17, 15) is 27.6 Å². The number of rotatable bonds is 6. The van der Waals surface area contributed by atoms with Gasteiger partial charge in [0, 0.05) is 43.2 Å². The molecule has 4 rings (SSSR count). The van der Waals surface area contributed by atoms with E-state index in [1.165, 1.54) is 26.1 Å². The van der Waals surface area contributed by atoms with Gasteiger partial charge in [-0.2, -0.15) is 18.3 Å². The fraction of sp³-hybridized carbons (Fsp3) is 0.231. The number of nitrogens with one attached hydrogen (secondary N) is 2. The second-order valence-electron chi connectivity index (χ2n) is 8.82. The van der Waals surface area contributed by atoms with Gasteiger partial charge in [-0.3, -0.25) is 24.8 Å². The Balaban J connectivity index is 1.76. The number of pyridine rings is 1. The average Bonchev–Trinajstić information content (AvgIpc) is 3.55. The molecule has 0 saturated carbocycles. The molecule has 0 spiro atoms. The lowest BCUT2D eigenvalue weighted by Gasteiger charge is -2.18. The van der Waals surface area contributed by atoms with E-state index in [4.69, 9.17) is 4.74 Å². The second-order valence-corrected chi connectivity index (χ2v) is 9.80. The number of methoxy groups -OCH3 is 1. The van der Waals surface area contributed by atoms with Gasteiger partial charge in [-0.25, -0.2) is 0 Å². The number of aromatic nitrogens is 5. The van der Waals surface area contributed by atoms with Gasteiger partial charge in [0.2, 0.25) is 11.0 Å². The Morgan fingerprint density at radius 3 is 2.54 bits per heavy atom. The Bertz CT molecular complexity index is 1750. The molecule has 212 valence electrons. The van der Waals surface area contributed by atoms with E-state index in [1.54, 1.807) is 6.07 Å². The van der Waals surface area contributed by atoms with Crippen LogP contribution in [0.4, 0.5) is 18.3 Å². The van der Waals surface area contributed by atoms with Crippen molar-refractivity contribution in [3.63, 3.8) is 0 Å². The van der Waals surface area contributed by atoms with E-state index in [1.807, 2.05) is 6.92 Å². The van der Waals surface area contributed by atoms with Gasteiger partial charge in [-0.15, -0.1) is 10.2 Å². The number of anilines is 1. The molecule has 0 aliphatic carbocycles. The zero-order chi connectivity index (χ0) is 29.9. The van der Waals surface area contributed by atoms with Crippen LogP contribution in [0.2, 0.25) is 0 Å². The first-order chi connectivity index (χ1) is 19.3. The first-order valence-electron chi connectivity index (χ1n) is 11.7. The maximum Gasteiger partial charge on any atom is 0.416 e. The van der Waals surface area contributed by atoms with Gasteiger partial charge in [-0.05, 0) is 43.0 Å². The van der Waals surface area contributed by atoms with Crippen molar-refractivity contribution in [1.82, 2.24) is 29.9 Å². The topological polar surface area (TPSA) is 135 Å². The number of aromatic amines is 1. The number of benzene rings is 1. The summed E-state index contributed by atoms with van der Waals surface area (Å²) in [6.45, 7) is 1.41. The van der Waals surface area contributed by atoms with E-state index >= 15 is 0 Å². The van der Waals surface area contributed by atoms with Gasteiger partial charge in [-0.1, -0.05) is 11.3 Å². The Morgan fingerprint density at radius 1 is 1.15 bits per heavy atom. The molecule has 0 aliphatic rings. The highest BCUT2D eigenvalue weighted by Gasteiger charge is 2.32. The molecular formula is C26H22F3N7O4S. The molecule has 0 bridgehead atoms. The number of hydrogen-bond acceptors (Lipinski definition) is 8. The minimum atomic E-state index is -4.70. The van der Waals surface area contributed by atoms with Crippen LogP contribution in [-0.2, 0) is 17.5 Å². The lowest BCUT2D eigenvalue weighted by Crippen LogP contribution is -2.32. The summed E-state index contributed by atoms with van der Waals surface area (Å²) in [7, 11) is 4.23. The molecule has 4 aromatic rings. The number of likely N-dealkylation sites (N-methyl/N-ethyl adjacent to an activating group) is 1. The molecule has 3 aromatic heterocycles. The molecular weight excluding hydrogens is 563 g/mol. The first-order valence-corrected chi connectivity index (χ1v) is 12.6. The van der Waals surface area contributed by atoms with Crippen molar-refractivity contribution in [3.8, 4) is 28.7 Å². The highest BCUT2D eigenvalue weighted by molar-refractivity contribution is 7.15. The summed E-state index contributed by atoms with van der Waals surface area (Å²) in [5.41, 5.74) is -0.876. The van der Waals surface area contributed by atoms with Crippen LogP contribution in [0.1, 0.15) is 32.3 Å². The zero-order valence-electron chi connectivity index (χ0n) is 22.1. The molecule has 0 radical (unpaired) electrons. The van der Waals surface area contributed by atoms with E-state index in [-0.39, 0.29) is 32.6 Å². The number of alkyl halides is 3. The molecule has 11 nitrogen and oxygen atoms in total. The highest BCUT2D eigenvalue weighted by atomic mass is 32.1. The van der Waals surface area contributed by atoms with Gasteiger partial charge < -0.3 is 14.2 Å². The van der Waals surface area contributed by atoms with E-state index < -0.39 is 35.7 Å². The number of ether oxygens (including phenoxy) is 1. The minimum Gasteiger partial charge on any atom is -0.496 e. The Kier molecular flexibility index (Phi) is 8.24. The third-order valence-electron chi connectivity index (χ3n) is 5.64. The number of halogens is 3. The standard InChI is InChI=1S/C26H22F3N7O4S/c1-14-9-16(32-31-14)6-8-21-33-34-25(41-21)30-24(39)18-11-22(37)36(13-23(38)35(2)3)12-19(18)17-10-15(26(27,28)29)5-7-20(17)40-4/h5,7,9-12H,13H2,1-4H3,(H,31,32)(H,30,34,39). The maximum atomic E-state index is 13.6. The number of hydrogen-bond donors (Lipinski definition) is 2. The molecule has 41 heavy (non-hydrogen) atoms. The summed E-state index contributed by atoms with van der Waals surface area (Å²) < 4.78 is 47.0. The van der Waals surface area contributed by atoms with E-state index in [0.29, 0.717) is 5.69 Å². The fourth-order valence-corrected chi connectivity index (χ4v) is 4.16. The summed E-state index contributed by atoms with van der Waals surface area (Å²) in [6.07, 6.45) is -3.54. The van der Waals surface area contributed by atoms with Crippen LogP contribution in [0.15, 0.2) is 41.3 Å². The summed E-state index contributed by atoms with van der Waals surface area (Å²) in [6, 6.07) is 5.42. The zero-order valence-corrected chi connectivity index (χ0v) is 22.9. The van der Waals surface area contributed by atoms with Crippen molar-refractivity contribution in [3.05, 3.63) is 74.4 Å². The summed E-state index contributed by atoms with van der Waals surface area (Å²) in [5, 5.41) is 17.3. The average molecular weight is 586 g/mol. The third-order valence-corrected chi connectivity index (χ3v) is 6.40. The van der Waals surface area contributed by atoms with Crippen LogP contribution in [0.3, 0.4) is 0 Å². The molecule has 2 N–H and O–H groups in total. The largest absolute Gasteiger partial charge is 0.496 e. The molecule has 0 unspecified atom stereocenters. The number of amides is 2. The lowest BCUT2D eigenvalue weighted by atomic mass is 9.98. The van der Waals surface area contributed by atoms with Gasteiger partial charge in [0.25, 0.3) is 11.5 Å². The minimum absolute atomic E-state index is 0.0123. The Labute approximate surface area is 235 Å². The maximum absolute atomic E-state index is 13.6. The van der Waals surface area contributed by atoms with Crippen LogP contribution in [0.5, 0.6) is 5.75 Å². The predicted octanol–water partition coefficient (Wildman–Crippen LogP) is 3.17. The highest BCUT2D eigenvalue weighted by Crippen LogP contribution is 2.38. The van der Waals surface area contributed by atoms with Crippen LogP contribution in [0.25, 0.3) is 11.1 Å². The summed E-state index contributed by atoms with van der Waals surface area (Å²) in [4.78, 5) is 39.8. The van der Waals surface area contributed by atoms with Crippen molar-refractivity contribution in [2.24, 2.45) is 0 Å². The molecule has 0 atom stereocenters. The summed E-state index contributed by atoms with van der Waals surface area (Å²) >= 11 is 0.943. The normalized spacial score (nSPS) is 11.0. The monoisotopic (exact) mass is 585 g/mol. The molecule has 0 saturated heterocycles. The number of aryl methyl sites for hydroxylation is 1. The van der Waals surface area contributed by atoms with E-state index in [0.717, 1.165) is 52.1 Å². The van der Waals surface area contributed by atoms with Crippen LogP contribution in [0, 0.1) is 18.8 Å². The quantitative estimate of drug-likeness (QED) is 0.332. The molecule has 0 aliphatic heterocycles. The van der Waals surface area contributed by atoms with Crippen LogP contribution >= 0.6 is 11.3 Å². The molecule has 1 aromatic carbocycles. The van der Waals surface area contributed by atoms with Crippen molar-refractivity contribution in [2.45, 2.75) is 19.6 Å². The Hall–Kier alpha value is -4.97. The van der Waals surface area contributed by atoms with Crippen molar-refractivity contribution in [1.29, 1.82) is 0 Å². The smallest absolute Gasteiger partial charge is 0.416 e. The number of nitrogens with zero attached hydrogens (tertiary/aromatic N) is 5. The fourth-order valence-electron chi connectivity index (χ4n) is 3.57. The molecule has 15 heteroatoms. The van der Waals surface area contributed by atoms with E-state index in [2.05, 4.69) is 37.6 Å². The van der Waals surface area contributed by atoms with Crippen molar-refractivity contribution >= 4 is 28.3 Å². The Morgan fingerprint density at radius 2 is 1.90 bits per heavy atom. The number of H-pyrrole nitrogens is 1. The van der Waals surface area contributed by atoms with Gasteiger partial charge in [0.05, 0.1) is 18.2 Å². The second kappa shape index (κ2) is 11.6. The third kappa shape index (κ3) is 6.79. The van der Waals surface area contributed by atoms with Crippen molar-refractivity contribution in [2.75, 3.05) is 26.5 Å². The van der Waals surface area contributed by atoms with Gasteiger partial charge in [0.1, 0.15) is 18.0 Å².